The lowest BCUT2D eigenvalue weighted by Crippen LogP contribution is -2.51. The summed E-state index contributed by atoms with van der Waals surface area (Å²) in [6.45, 7) is 8.73. The molecule has 2 fully saturated rings. The lowest BCUT2D eigenvalue weighted by atomic mass is 9.94. The molecule has 0 N–H and O–H groups in total. The second-order valence-electron chi connectivity index (χ2n) is 9.53. The van der Waals surface area contributed by atoms with E-state index in [2.05, 4.69) is 52.8 Å². The molecule has 1 atom stereocenters. The van der Waals surface area contributed by atoms with Gasteiger partial charge in [0, 0.05) is 19.1 Å². The number of piperidine rings is 1. The standard InChI is InChI=1S/C25H41N3O/c1-20-9-5-6-10-23(20)15-18-27-16-13-22(14-17-27)19-28(24-11-7-8-12-24)25(29)21(2)26(3)4/h5-6,9-10,21-22,24H,7-8,11-19H2,1-4H3/t21-/m1/s1. The second-order valence-corrected chi connectivity index (χ2v) is 9.53. The van der Waals surface area contributed by atoms with E-state index in [4.69, 9.17) is 0 Å². The van der Waals surface area contributed by atoms with E-state index in [1.807, 2.05) is 14.1 Å². The Bertz CT molecular complexity index is 645. The summed E-state index contributed by atoms with van der Waals surface area (Å²) >= 11 is 0. The first-order valence-corrected chi connectivity index (χ1v) is 11.7. The van der Waals surface area contributed by atoms with E-state index >= 15 is 0 Å². The van der Waals surface area contributed by atoms with Gasteiger partial charge in [-0.2, -0.15) is 0 Å². The normalized spacial score (nSPS) is 20.3. The molecule has 0 spiro atoms. The van der Waals surface area contributed by atoms with Crippen molar-refractivity contribution < 1.29 is 4.79 Å². The number of aryl methyl sites for hydroxylation is 1. The van der Waals surface area contributed by atoms with Gasteiger partial charge in [0.15, 0.2) is 0 Å². The molecule has 1 saturated heterocycles. The zero-order chi connectivity index (χ0) is 20.8. The molecule has 3 rings (SSSR count). The van der Waals surface area contributed by atoms with Crippen LogP contribution in [0.4, 0.5) is 0 Å². The number of carbonyl (C=O) groups is 1. The monoisotopic (exact) mass is 399 g/mol. The molecule has 1 aromatic rings. The van der Waals surface area contributed by atoms with Gasteiger partial charge in [-0.15, -0.1) is 0 Å². The Morgan fingerprint density at radius 3 is 2.38 bits per heavy atom. The number of carbonyl (C=O) groups excluding carboxylic acids is 1. The fourth-order valence-electron chi connectivity index (χ4n) is 4.94. The summed E-state index contributed by atoms with van der Waals surface area (Å²) in [6, 6.07) is 9.20. The number of rotatable bonds is 8. The molecule has 162 valence electrons. The molecule has 0 radical (unpaired) electrons. The molecule has 29 heavy (non-hydrogen) atoms. The molecule has 1 saturated carbocycles. The van der Waals surface area contributed by atoms with E-state index in [0.717, 1.165) is 19.5 Å². The number of amides is 1. The predicted molar refractivity (Wildman–Crippen MR) is 121 cm³/mol. The van der Waals surface area contributed by atoms with Crippen molar-refractivity contribution in [3.63, 3.8) is 0 Å². The van der Waals surface area contributed by atoms with Crippen molar-refractivity contribution in [2.75, 3.05) is 40.3 Å². The molecule has 1 heterocycles. The van der Waals surface area contributed by atoms with Gasteiger partial charge in [-0.05, 0) is 90.2 Å². The Morgan fingerprint density at radius 2 is 1.76 bits per heavy atom. The third kappa shape index (κ3) is 6.05. The zero-order valence-electron chi connectivity index (χ0n) is 19.1. The van der Waals surface area contributed by atoms with Gasteiger partial charge in [-0.25, -0.2) is 0 Å². The van der Waals surface area contributed by atoms with Crippen LogP contribution in [-0.2, 0) is 11.2 Å². The molecule has 1 aromatic carbocycles. The lowest BCUT2D eigenvalue weighted by molar-refractivity contribution is -0.138. The van der Waals surface area contributed by atoms with Crippen molar-refractivity contribution in [3.05, 3.63) is 35.4 Å². The predicted octanol–water partition coefficient (Wildman–Crippen LogP) is 3.97. The summed E-state index contributed by atoms with van der Waals surface area (Å²) in [5.74, 6) is 0.993. The van der Waals surface area contributed by atoms with Crippen LogP contribution >= 0.6 is 0 Å². The zero-order valence-corrected chi connectivity index (χ0v) is 19.1. The number of hydrogen-bond donors (Lipinski definition) is 0. The smallest absolute Gasteiger partial charge is 0.239 e. The highest BCUT2D eigenvalue weighted by Crippen LogP contribution is 2.28. The largest absolute Gasteiger partial charge is 0.338 e. The fourth-order valence-corrected chi connectivity index (χ4v) is 4.94. The number of nitrogens with zero attached hydrogens (tertiary/aromatic N) is 3. The Morgan fingerprint density at radius 1 is 1.10 bits per heavy atom. The van der Waals surface area contributed by atoms with Gasteiger partial charge in [0.1, 0.15) is 0 Å². The topological polar surface area (TPSA) is 26.8 Å². The van der Waals surface area contributed by atoms with Crippen LogP contribution in [0, 0.1) is 12.8 Å². The van der Waals surface area contributed by atoms with Gasteiger partial charge in [0.25, 0.3) is 0 Å². The van der Waals surface area contributed by atoms with E-state index < -0.39 is 0 Å². The maximum Gasteiger partial charge on any atom is 0.239 e. The molecular formula is C25H41N3O. The van der Waals surface area contributed by atoms with Crippen LogP contribution in [0.5, 0.6) is 0 Å². The van der Waals surface area contributed by atoms with Crippen LogP contribution in [0.3, 0.4) is 0 Å². The minimum absolute atomic E-state index is 0.0233. The maximum atomic E-state index is 13.2. The van der Waals surface area contributed by atoms with Gasteiger partial charge >= 0.3 is 0 Å². The van der Waals surface area contributed by atoms with E-state index in [-0.39, 0.29) is 6.04 Å². The molecule has 2 aliphatic rings. The van der Waals surface area contributed by atoms with Gasteiger partial charge in [-0.1, -0.05) is 37.1 Å². The molecule has 4 heteroatoms. The van der Waals surface area contributed by atoms with Crippen molar-refractivity contribution in [1.82, 2.24) is 14.7 Å². The molecular weight excluding hydrogens is 358 g/mol. The van der Waals surface area contributed by atoms with E-state index in [9.17, 15) is 4.79 Å². The first kappa shape index (κ1) is 22.3. The fraction of sp³-hybridized carbons (Fsp3) is 0.720. The first-order chi connectivity index (χ1) is 14.0. The Kier molecular flexibility index (Phi) is 8.14. The Hall–Kier alpha value is -1.39. The van der Waals surface area contributed by atoms with E-state index in [0.29, 0.717) is 17.9 Å². The third-order valence-electron chi connectivity index (χ3n) is 7.30. The molecule has 0 bridgehead atoms. The SMILES string of the molecule is Cc1ccccc1CCN1CCC(CN(C(=O)[C@@H](C)N(C)C)C2CCCC2)CC1. The van der Waals surface area contributed by atoms with Crippen LogP contribution in [0.1, 0.15) is 56.6 Å². The summed E-state index contributed by atoms with van der Waals surface area (Å²) in [4.78, 5) is 20.1. The van der Waals surface area contributed by atoms with Crippen LogP contribution in [-0.4, -0.2) is 73.0 Å². The summed E-state index contributed by atoms with van der Waals surface area (Å²) in [5, 5.41) is 0. The average Bonchev–Trinajstić information content (AvgIpc) is 3.25. The molecule has 1 amide bonds. The van der Waals surface area contributed by atoms with Gasteiger partial charge < -0.3 is 9.80 Å². The van der Waals surface area contributed by atoms with Gasteiger partial charge in [0.2, 0.25) is 5.91 Å². The van der Waals surface area contributed by atoms with Crippen LogP contribution in [0.15, 0.2) is 24.3 Å². The maximum absolute atomic E-state index is 13.2. The van der Waals surface area contributed by atoms with E-state index in [1.165, 1.54) is 62.7 Å². The van der Waals surface area contributed by atoms with Gasteiger partial charge in [0.05, 0.1) is 6.04 Å². The summed E-state index contributed by atoms with van der Waals surface area (Å²) < 4.78 is 0. The average molecular weight is 400 g/mol. The second kappa shape index (κ2) is 10.6. The quantitative estimate of drug-likeness (QED) is 0.662. The van der Waals surface area contributed by atoms with Gasteiger partial charge in [-0.3, -0.25) is 9.69 Å². The van der Waals surface area contributed by atoms with Crippen LogP contribution < -0.4 is 0 Å². The van der Waals surface area contributed by atoms with Crippen molar-refractivity contribution in [1.29, 1.82) is 0 Å². The number of hydrogen-bond acceptors (Lipinski definition) is 3. The number of likely N-dealkylation sites (tertiary alicyclic amines) is 1. The van der Waals surface area contributed by atoms with Crippen LogP contribution in [0.25, 0.3) is 0 Å². The highest BCUT2D eigenvalue weighted by molar-refractivity contribution is 5.81. The molecule has 4 nitrogen and oxygen atoms in total. The molecule has 0 aromatic heterocycles. The molecule has 1 aliphatic heterocycles. The highest BCUT2D eigenvalue weighted by atomic mass is 16.2. The minimum Gasteiger partial charge on any atom is -0.338 e. The summed E-state index contributed by atoms with van der Waals surface area (Å²) in [6.07, 6.45) is 8.54. The Labute approximate surface area is 178 Å². The first-order valence-electron chi connectivity index (χ1n) is 11.7. The van der Waals surface area contributed by atoms with Crippen LogP contribution in [0.2, 0.25) is 0 Å². The molecule has 0 unspecified atom stereocenters. The Balaban J connectivity index is 1.50. The minimum atomic E-state index is -0.0233. The number of likely N-dealkylation sites (N-methyl/N-ethyl adjacent to an activating group) is 1. The van der Waals surface area contributed by atoms with Crippen molar-refractivity contribution in [2.24, 2.45) is 5.92 Å². The van der Waals surface area contributed by atoms with Crippen molar-refractivity contribution >= 4 is 5.91 Å². The highest BCUT2D eigenvalue weighted by Gasteiger charge is 2.32. The van der Waals surface area contributed by atoms with Crippen molar-refractivity contribution in [2.45, 2.75) is 70.9 Å². The lowest BCUT2D eigenvalue weighted by Gasteiger charge is -2.39. The number of benzene rings is 1. The summed E-state index contributed by atoms with van der Waals surface area (Å²) in [5.41, 5.74) is 2.88. The van der Waals surface area contributed by atoms with E-state index in [1.54, 1.807) is 0 Å². The summed E-state index contributed by atoms with van der Waals surface area (Å²) in [7, 11) is 4.03. The van der Waals surface area contributed by atoms with Crippen molar-refractivity contribution in [3.8, 4) is 0 Å². The third-order valence-corrected chi connectivity index (χ3v) is 7.30. The molecule has 1 aliphatic carbocycles.